The van der Waals surface area contributed by atoms with E-state index in [-0.39, 0.29) is 23.4 Å². The van der Waals surface area contributed by atoms with E-state index in [1.807, 2.05) is 20.8 Å². The number of nitrogens with one attached hydrogen (secondary N) is 1. The first-order chi connectivity index (χ1) is 13.3. The summed E-state index contributed by atoms with van der Waals surface area (Å²) >= 11 is 1.78. The van der Waals surface area contributed by atoms with Crippen molar-refractivity contribution in [1.82, 2.24) is 15.1 Å². The molecule has 0 radical (unpaired) electrons. The summed E-state index contributed by atoms with van der Waals surface area (Å²) in [6.07, 6.45) is 0. The lowest BCUT2D eigenvalue weighted by atomic mass is 9.94. The molecule has 0 spiro atoms. The molecule has 0 aliphatic carbocycles. The minimum absolute atomic E-state index is 0.0750. The van der Waals surface area contributed by atoms with Crippen molar-refractivity contribution in [2.45, 2.75) is 46.3 Å². The third kappa shape index (κ3) is 5.43. The fourth-order valence-electron chi connectivity index (χ4n) is 3.75. The van der Waals surface area contributed by atoms with Gasteiger partial charge in [0.25, 0.3) is 0 Å². The van der Waals surface area contributed by atoms with E-state index in [1.54, 1.807) is 11.3 Å². The summed E-state index contributed by atoms with van der Waals surface area (Å²) in [7, 11) is 0. The van der Waals surface area contributed by atoms with Crippen LogP contribution in [0.5, 0.6) is 0 Å². The summed E-state index contributed by atoms with van der Waals surface area (Å²) in [4.78, 5) is 19.0. The van der Waals surface area contributed by atoms with Crippen LogP contribution in [0.1, 0.15) is 44.2 Å². The molecule has 1 fully saturated rings. The number of nitrogens with zero attached hydrogens (tertiary/aromatic N) is 2. The van der Waals surface area contributed by atoms with E-state index in [0.717, 1.165) is 32.7 Å². The van der Waals surface area contributed by atoms with Crippen molar-refractivity contribution < 1.29 is 4.79 Å². The highest BCUT2D eigenvalue weighted by Crippen LogP contribution is 2.30. The Kier molecular flexibility index (Phi) is 6.91. The van der Waals surface area contributed by atoms with Crippen molar-refractivity contribution in [2.24, 2.45) is 5.41 Å². The van der Waals surface area contributed by atoms with Gasteiger partial charge in [-0.05, 0) is 23.9 Å². The number of piperazine rings is 1. The molecule has 1 amide bonds. The standard InChI is InChI=1S/C23H33N3OS/c1-18(24-22(27)23(2,3)4)21(20-11-8-16-28-20)26-14-12-25(13-15-26)17-19-9-6-5-7-10-19/h5-11,16,18,21H,12-15,17H2,1-4H3,(H,24,27)/t18-,21-/m0/s1. The maximum Gasteiger partial charge on any atom is 0.225 e. The van der Waals surface area contributed by atoms with Gasteiger partial charge in [0.2, 0.25) is 5.91 Å². The second kappa shape index (κ2) is 9.21. The van der Waals surface area contributed by atoms with Crippen LogP contribution in [0.15, 0.2) is 47.8 Å². The average Bonchev–Trinajstić information content (AvgIpc) is 3.17. The largest absolute Gasteiger partial charge is 0.351 e. The van der Waals surface area contributed by atoms with E-state index in [2.05, 4.69) is 69.9 Å². The molecule has 0 bridgehead atoms. The Labute approximate surface area is 173 Å². The summed E-state index contributed by atoms with van der Waals surface area (Å²) in [5, 5.41) is 5.40. The first kappa shape index (κ1) is 21.0. The van der Waals surface area contributed by atoms with Crippen LogP contribution in [0.2, 0.25) is 0 Å². The molecule has 5 heteroatoms. The number of hydrogen-bond acceptors (Lipinski definition) is 4. The smallest absolute Gasteiger partial charge is 0.225 e. The van der Waals surface area contributed by atoms with Gasteiger partial charge < -0.3 is 5.32 Å². The van der Waals surface area contributed by atoms with Gasteiger partial charge in [-0.25, -0.2) is 0 Å². The maximum absolute atomic E-state index is 12.6. The fraction of sp³-hybridized carbons (Fsp3) is 0.522. The van der Waals surface area contributed by atoms with Crippen LogP contribution in [0.25, 0.3) is 0 Å². The van der Waals surface area contributed by atoms with Gasteiger partial charge >= 0.3 is 0 Å². The molecule has 1 aromatic heterocycles. The van der Waals surface area contributed by atoms with Gasteiger partial charge in [0, 0.05) is 49.1 Å². The minimum atomic E-state index is -0.372. The molecule has 0 unspecified atom stereocenters. The topological polar surface area (TPSA) is 35.6 Å². The zero-order valence-corrected chi connectivity index (χ0v) is 18.3. The highest BCUT2D eigenvalue weighted by molar-refractivity contribution is 7.10. The SMILES string of the molecule is C[C@H](NC(=O)C(C)(C)C)[C@@H](c1cccs1)N1CCN(Cc2ccccc2)CC1. The minimum Gasteiger partial charge on any atom is -0.351 e. The molecule has 28 heavy (non-hydrogen) atoms. The molecule has 152 valence electrons. The van der Waals surface area contributed by atoms with Gasteiger partial charge in [-0.1, -0.05) is 57.2 Å². The lowest BCUT2D eigenvalue weighted by molar-refractivity contribution is -0.129. The molecule has 1 saturated heterocycles. The quantitative estimate of drug-likeness (QED) is 0.792. The first-order valence-electron chi connectivity index (χ1n) is 10.2. The molecule has 1 aliphatic heterocycles. The van der Waals surface area contributed by atoms with Gasteiger partial charge in [-0.15, -0.1) is 11.3 Å². The molecule has 1 aromatic carbocycles. The van der Waals surface area contributed by atoms with Gasteiger partial charge in [-0.2, -0.15) is 0 Å². The van der Waals surface area contributed by atoms with Crippen molar-refractivity contribution in [3.63, 3.8) is 0 Å². The van der Waals surface area contributed by atoms with E-state index < -0.39 is 0 Å². The molecule has 2 atom stereocenters. The van der Waals surface area contributed by atoms with Crippen LogP contribution in [0, 0.1) is 5.41 Å². The zero-order valence-electron chi connectivity index (χ0n) is 17.5. The van der Waals surface area contributed by atoms with Crippen molar-refractivity contribution in [3.05, 3.63) is 58.3 Å². The fourth-order valence-corrected chi connectivity index (χ4v) is 4.71. The second-order valence-electron chi connectivity index (χ2n) is 8.77. The number of benzene rings is 1. The Morgan fingerprint density at radius 2 is 1.75 bits per heavy atom. The van der Waals surface area contributed by atoms with Crippen LogP contribution in [0.3, 0.4) is 0 Å². The van der Waals surface area contributed by atoms with E-state index in [1.165, 1.54) is 10.4 Å². The van der Waals surface area contributed by atoms with Gasteiger partial charge in [0.15, 0.2) is 0 Å². The number of carbonyl (C=O) groups is 1. The van der Waals surface area contributed by atoms with E-state index in [4.69, 9.17) is 0 Å². The van der Waals surface area contributed by atoms with Gasteiger partial charge in [0.05, 0.1) is 6.04 Å². The van der Waals surface area contributed by atoms with Gasteiger partial charge in [-0.3, -0.25) is 14.6 Å². The Bertz CT molecular complexity index is 731. The van der Waals surface area contributed by atoms with Crippen LogP contribution < -0.4 is 5.32 Å². The molecule has 1 N–H and O–H groups in total. The maximum atomic E-state index is 12.6. The summed E-state index contributed by atoms with van der Waals surface area (Å²) in [5.74, 6) is 0.115. The number of amides is 1. The zero-order chi connectivity index (χ0) is 20.1. The molecular weight excluding hydrogens is 366 g/mol. The number of hydrogen-bond donors (Lipinski definition) is 1. The Balaban J connectivity index is 1.64. The van der Waals surface area contributed by atoms with Crippen molar-refractivity contribution in [1.29, 1.82) is 0 Å². The molecule has 3 rings (SSSR count). The van der Waals surface area contributed by atoms with Crippen LogP contribution >= 0.6 is 11.3 Å². The van der Waals surface area contributed by atoms with Crippen LogP contribution in [-0.2, 0) is 11.3 Å². The molecule has 2 aromatic rings. The molecule has 1 aliphatic rings. The molecule has 4 nitrogen and oxygen atoms in total. The average molecular weight is 400 g/mol. The third-order valence-corrected chi connectivity index (χ3v) is 6.34. The normalized spacial score (nSPS) is 18.6. The van der Waals surface area contributed by atoms with Crippen LogP contribution in [-0.4, -0.2) is 47.9 Å². The first-order valence-corrected chi connectivity index (χ1v) is 11.1. The highest BCUT2D eigenvalue weighted by atomic mass is 32.1. The predicted octanol–water partition coefficient (Wildman–Crippen LogP) is 4.16. The third-order valence-electron chi connectivity index (χ3n) is 5.40. The van der Waals surface area contributed by atoms with Gasteiger partial charge in [0.1, 0.15) is 0 Å². The van der Waals surface area contributed by atoms with E-state index in [9.17, 15) is 4.79 Å². The Hall–Kier alpha value is -1.69. The lowest BCUT2D eigenvalue weighted by Crippen LogP contribution is -2.53. The molecule has 2 heterocycles. The van der Waals surface area contributed by atoms with E-state index >= 15 is 0 Å². The molecular formula is C23H33N3OS. The Morgan fingerprint density at radius 1 is 1.07 bits per heavy atom. The monoisotopic (exact) mass is 399 g/mol. The molecule has 0 saturated carbocycles. The summed E-state index contributed by atoms with van der Waals surface area (Å²) in [5.41, 5.74) is 0.999. The lowest BCUT2D eigenvalue weighted by Gasteiger charge is -2.41. The highest BCUT2D eigenvalue weighted by Gasteiger charge is 2.32. The summed E-state index contributed by atoms with van der Waals surface area (Å²) < 4.78 is 0. The van der Waals surface area contributed by atoms with Crippen molar-refractivity contribution in [3.8, 4) is 0 Å². The predicted molar refractivity (Wildman–Crippen MR) is 117 cm³/mol. The Morgan fingerprint density at radius 3 is 2.32 bits per heavy atom. The summed E-state index contributed by atoms with van der Waals surface area (Å²) in [6, 6.07) is 15.3. The number of thiophene rings is 1. The summed E-state index contributed by atoms with van der Waals surface area (Å²) in [6.45, 7) is 13.2. The van der Waals surface area contributed by atoms with Crippen molar-refractivity contribution in [2.75, 3.05) is 26.2 Å². The number of carbonyl (C=O) groups excluding carboxylic acids is 1. The van der Waals surface area contributed by atoms with Crippen molar-refractivity contribution >= 4 is 17.2 Å². The second-order valence-corrected chi connectivity index (χ2v) is 9.75. The van der Waals surface area contributed by atoms with E-state index in [0.29, 0.717) is 0 Å². The van der Waals surface area contributed by atoms with Crippen LogP contribution in [0.4, 0.5) is 0 Å². The number of rotatable bonds is 6.